The number of carbonyl (C=O) groups is 4. The molecule has 19 heteroatoms. The van der Waals surface area contributed by atoms with E-state index in [0.717, 1.165) is 102 Å². The van der Waals surface area contributed by atoms with Crippen molar-refractivity contribution in [3.05, 3.63) is 0 Å². The lowest BCUT2D eigenvalue weighted by Gasteiger charge is -2.21. The molecule has 0 fully saturated rings. The molecule has 0 heterocycles. The number of rotatable bonds is 73. The number of aliphatic hydroxyl groups is 1. The predicted octanol–water partition coefficient (Wildman–Crippen LogP) is 21.6. The van der Waals surface area contributed by atoms with Crippen LogP contribution in [0, 0.1) is 11.8 Å². The zero-order valence-electron chi connectivity index (χ0n) is 60.6. The van der Waals surface area contributed by atoms with Crippen LogP contribution in [0.1, 0.15) is 382 Å². The molecule has 0 amide bonds. The molecule has 0 saturated carbocycles. The lowest BCUT2D eigenvalue weighted by Crippen LogP contribution is -2.30. The van der Waals surface area contributed by atoms with Crippen LogP contribution in [-0.4, -0.2) is 96.7 Å². The first-order valence-electron chi connectivity index (χ1n) is 38.5. The molecule has 0 aliphatic rings. The first-order valence-corrected chi connectivity index (χ1v) is 41.5. The lowest BCUT2D eigenvalue weighted by molar-refractivity contribution is -0.161. The standard InChI is InChI=1S/C74H144O17P2/c1-7-9-11-13-15-17-19-20-21-22-27-33-39-45-51-57-72(77)85-62-69(90-73(78)58-52-46-40-34-28-24-23-26-30-36-42-48-54-66(3)4)64-88-92(80,81)86-60-68(75)61-87-93(82,83)89-65-70(63-84-71(76)56-50-44-38-32-25-18-16-14-12-10-8-2)91-74(79)59-53-47-41-35-29-31-37-43-49-55-67(5)6/h66-70,75H,7-65H2,1-6H3,(H,80,81)(H,82,83)/t68-,69-,70-/m1/s1. The number of hydrogen-bond donors (Lipinski definition) is 3. The second kappa shape index (κ2) is 66.0. The molecular formula is C74H144O17P2. The van der Waals surface area contributed by atoms with Gasteiger partial charge in [-0.1, -0.05) is 330 Å². The van der Waals surface area contributed by atoms with Crippen LogP contribution >= 0.6 is 15.6 Å². The Kier molecular flexibility index (Phi) is 64.6. The van der Waals surface area contributed by atoms with Crippen LogP contribution < -0.4 is 0 Å². The summed E-state index contributed by atoms with van der Waals surface area (Å²) in [5, 5.41) is 10.6. The molecule has 0 rings (SSSR count). The van der Waals surface area contributed by atoms with Crippen molar-refractivity contribution in [3.63, 3.8) is 0 Å². The molecule has 2 unspecified atom stereocenters. The molecule has 5 atom stereocenters. The molecule has 0 aliphatic heterocycles. The van der Waals surface area contributed by atoms with Gasteiger partial charge in [0.1, 0.15) is 19.3 Å². The Morgan fingerprint density at radius 2 is 0.495 bits per heavy atom. The Balaban J connectivity index is 5.25. The van der Waals surface area contributed by atoms with Gasteiger partial charge in [0.05, 0.1) is 26.4 Å². The van der Waals surface area contributed by atoms with Crippen molar-refractivity contribution in [2.75, 3.05) is 39.6 Å². The minimum absolute atomic E-state index is 0.106. The summed E-state index contributed by atoms with van der Waals surface area (Å²) in [4.78, 5) is 72.7. The van der Waals surface area contributed by atoms with E-state index in [2.05, 4.69) is 41.5 Å². The van der Waals surface area contributed by atoms with Crippen molar-refractivity contribution in [2.45, 2.75) is 400 Å². The smallest absolute Gasteiger partial charge is 0.462 e. The largest absolute Gasteiger partial charge is 0.472 e. The van der Waals surface area contributed by atoms with Crippen molar-refractivity contribution in [2.24, 2.45) is 11.8 Å². The molecule has 0 aliphatic carbocycles. The maximum absolute atomic E-state index is 13.1. The van der Waals surface area contributed by atoms with Crippen LogP contribution in [0.25, 0.3) is 0 Å². The molecule has 17 nitrogen and oxygen atoms in total. The van der Waals surface area contributed by atoms with Gasteiger partial charge in [-0.05, 0) is 37.5 Å². The number of carbonyl (C=O) groups excluding carboxylic acids is 4. The Hall–Kier alpha value is -1.94. The highest BCUT2D eigenvalue weighted by Crippen LogP contribution is 2.45. The summed E-state index contributed by atoms with van der Waals surface area (Å²) in [5.74, 6) is -0.604. The SMILES string of the molecule is CCCCCCCCCCCCCCCCCC(=O)OC[C@H](COP(=O)(O)OC[C@@H](O)COP(=O)(O)OC[C@@H](COC(=O)CCCCCCCCCCCCC)OC(=O)CCCCCCCCCCCC(C)C)OC(=O)CCCCCCCCCCCCCCC(C)C. The summed E-state index contributed by atoms with van der Waals surface area (Å²) in [6.45, 7) is 9.57. The molecule has 0 aromatic carbocycles. The van der Waals surface area contributed by atoms with Gasteiger partial charge in [0.2, 0.25) is 0 Å². The van der Waals surface area contributed by atoms with Gasteiger partial charge in [-0.15, -0.1) is 0 Å². The highest BCUT2D eigenvalue weighted by atomic mass is 31.2. The van der Waals surface area contributed by atoms with Crippen LogP contribution in [0.4, 0.5) is 0 Å². The molecule has 552 valence electrons. The summed E-state index contributed by atoms with van der Waals surface area (Å²) in [5.41, 5.74) is 0. The van der Waals surface area contributed by atoms with Gasteiger partial charge in [0, 0.05) is 25.7 Å². The van der Waals surface area contributed by atoms with Crippen LogP contribution in [0.5, 0.6) is 0 Å². The number of phosphoric ester groups is 2. The maximum Gasteiger partial charge on any atom is 0.472 e. The van der Waals surface area contributed by atoms with E-state index in [0.29, 0.717) is 25.7 Å². The first kappa shape index (κ1) is 91.1. The average Bonchev–Trinajstić information content (AvgIpc) is 2.85. The van der Waals surface area contributed by atoms with E-state index >= 15 is 0 Å². The first-order chi connectivity index (χ1) is 44.9. The Morgan fingerprint density at radius 3 is 0.731 bits per heavy atom. The zero-order valence-corrected chi connectivity index (χ0v) is 62.3. The highest BCUT2D eigenvalue weighted by molar-refractivity contribution is 7.47. The lowest BCUT2D eigenvalue weighted by atomic mass is 10.0. The number of aliphatic hydroxyl groups excluding tert-OH is 1. The number of hydrogen-bond acceptors (Lipinski definition) is 15. The molecule has 0 radical (unpaired) electrons. The van der Waals surface area contributed by atoms with Gasteiger partial charge in [-0.25, -0.2) is 9.13 Å². The number of unbranched alkanes of at least 4 members (excludes halogenated alkanes) is 43. The van der Waals surface area contributed by atoms with Crippen LogP contribution in [-0.2, 0) is 65.4 Å². The molecule has 0 saturated heterocycles. The number of esters is 4. The number of ether oxygens (including phenoxy) is 4. The fourth-order valence-electron chi connectivity index (χ4n) is 11.3. The second-order valence-electron chi connectivity index (χ2n) is 27.6. The van der Waals surface area contributed by atoms with E-state index < -0.39 is 97.5 Å². The van der Waals surface area contributed by atoms with E-state index in [1.54, 1.807) is 0 Å². The van der Waals surface area contributed by atoms with Crippen LogP contribution in [0.15, 0.2) is 0 Å². The van der Waals surface area contributed by atoms with E-state index in [1.807, 2.05) is 0 Å². The molecule has 0 bridgehead atoms. The van der Waals surface area contributed by atoms with Crippen molar-refractivity contribution >= 4 is 39.5 Å². The van der Waals surface area contributed by atoms with E-state index in [4.69, 9.17) is 37.0 Å². The van der Waals surface area contributed by atoms with Gasteiger partial charge in [0.25, 0.3) is 0 Å². The minimum Gasteiger partial charge on any atom is -0.462 e. The maximum atomic E-state index is 13.1. The van der Waals surface area contributed by atoms with Crippen molar-refractivity contribution in [3.8, 4) is 0 Å². The second-order valence-corrected chi connectivity index (χ2v) is 30.5. The summed E-state index contributed by atoms with van der Waals surface area (Å²) >= 11 is 0. The van der Waals surface area contributed by atoms with Crippen LogP contribution in [0.3, 0.4) is 0 Å². The van der Waals surface area contributed by atoms with Gasteiger partial charge in [-0.2, -0.15) is 0 Å². The predicted molar refractivity (Wildman–Crippen MR) is 377 cm³/mol. The quantitative estimate of drug-likeness (QED) is 0.0222. The zero-order chi connectivity index (χ0) is 68.6. The molecule has 0 aromatic heterocycles. The normalized spacial score (nSPS) is 14.1. The monoisotopic (exact) mass is 1370 g/mol. The van der Waals surface area contributed by atoms with Gasteiger partial charge < -0.3 is 33.8 Å². The summed E-state index contributed by atoms with van der Waals surface area (Å²) in [6.07, 6.45) is 52.6. The topological polar surface area (TPSA) is 237 Å². The Morgan fingerprint density at radius 1 is 0.290 bits per heavy atom. The molecule has 3 N–H and O–H groups in total. The molecule has 0 spiro atoms. The fourth-order valence-corrected chi connectivity index (χ4v) is 12.9. The third-order valence-electron chi connectivity index (χ3n) is 17.2. The van der Waals surface area contributed by atoms with Gasteiger partial charge >= 0.3 is 39.5 Å². The third kappa shape index (κ3) is 68.4. The van der Waals surface area contributed by atoms with Crippen molar-refractivity contribution in [1.82, 2.24) is 0 Å². The number of phosphoric acid groups is 2. The Labute approximate surface area is 568 Å². The average molecular weight is 1370 g/mol. The summed E-state index contributed by atoms with van der Waals surface area (Å²) in [7, 11) is -9.91. The van der Waals surface area contributed by atoms with E-state index in [-0.39, 0.29) is 25.7 Å². The minimum atomic E-state index is -4.96. The Bertz CT molecular complexity index is 1800. The molecule has 93 heavy (non-hydrogen) atoms. The molecule has 0 aromatic rings. The molecular weight excluding hydrogens is 1220 g/mol. The van der Waals surface area contributed by atoms with Crippen LogP contribution in [0.2, 0.25) is 0 Å². The fraction of sp³-hybridized carbons (Fsp3) is 0.946. The third-order valence-corrected chi connectivity index (χ3v) is 19.1. The van der Waals surface area contributed by atoms with Crippen molar-refractivity contribution < 1.29 is 80.2 Å². The van der Waals surface area contributed by atoms with Crippen molar-refractivity contribution in [1.29, 1.82) is 0 Å². The summed E-state index contributed by atoms with van der Waals surface area (Å²) < 4.78 is 68.5. The summed E-state index contributed by atoms with van der Waals surface area (Å²) in [6, 6.07) is 0. The van der Waals surface area contributed by atoms with Gasteiger partial charge in [0.15, 0.2) is 12.2 Å². The highest BCUT2D eigenvalue weighted by Gasteiger charge is 2.30. The van der Waals surface area contributed by atoms with E-state index in [1.165, 1.54) is 199 Å². The van der Waals surface area contributed by atoms with E-state index in [9.17, 15) is 43.2 Å². The van der Waals surface area contributed by atoms with Gasteiger partial charge in [-0.3, -0.25) is 37.3 Å².